The highest BCUT2D eigenvalue weighted by molar-refractivity contribution is 5.74. The molecule has 6 nitrogen and oxygen atoms in total. The molecule has 128 valence electrons. The predicted octanol–water partition coefficient (Wildman–Crippen LogP) is 2.62. The zero-order valence-electron chi connectivity index (χ0n) is 14.4. The molecular weight excluding hydrogens is 302 g/mol. The average Bonchev–Trinajstić information content (AvgIpc) is 3.03. The number of rotatable bonds is 4. The number of imidazole rings is 1. The van der Waals surface area contributed by atoms with Crippen LogP contribution in [0, 0.1) is 0 Å². The van der Waals surface area contributed by atoms with E-state index < -0.39 is 0 Å². The average molecular weight is 327 g/mol. The Labute approximate surface area is 142 Å². The molecule has 1 N–H and O–H groups in total. The van der Waals surface area contributed by atoms with Gasteiger partial charge < -0.3 is 14.8 Å². The fourth-order valence-electron chi connectivity index (χ4n) is 3.19. The minimum absolute atomic E-state index is 0.0255. The number of carbonyl (C=O) groups is 1. The second kappa shape index (κ2) is 7.47. The number of nitrogens with zero attached hydrogens (tertiary/aromatic N) is 4. The molecule has 3 rings (SSSR count). The Morgan fingerprint density at radius 1 is 1.33 bits per heavy atom. The highest BCUT2D eigenvalue weighted by Crippen LogP contribution is 2.26. The lowest BCUT2D eigenvalue weighted by atomic mass is 9.97. The largest absolute Gasteiger partial charge is 0.336 e. The molecule has 0 aromatic carbocycles. The molecule has 2 aromatic heterocycles. The van der Waals surface area contributed by atoms with E-state index in [0.29, 0.717) is 6.54 Å². The van der Waals surface area contributed by atoms with Crippen molar-refractivity contribution in [3.8, 4) is 0 Å². The van der Waals surface area contributed by atoms with Crippen LogP contribution in [0.4, 0.5) is 4.79 Å². The van der Waals surface area contributed by atoms with Crippen LogP contribution in [0.1, 0.15) is 44.1 Å². The molecule has 1 unspecified atom stereocenters. The number of piperidine rings is 1. The first-order valence-electron chi connectivity index (χ1n) is 8.60. The molecule has 0 aliphatic carbocycles. The number of carbonyl (C=O) groups excluding carboxylic acids is 1. The number of amides is 2. The number of hydrogen-bond acceptors (Lipinski definition) is 3. The number of nitrogens with one attached hydrogen (secondary N) is 1. The molecule has 3 heterocycles. The Hall–Kier alpha value is -2.37. The van der Waals surface area contributed by atoms with Crippen molar-refractivity contribution in [1.29, 1.82) is 0 Å². The van der Waals surface area contributed by atoms with E-state index >= 15 is 0 Å². The quantitative estimate of drug-likeness (QED) is 0.939. The van der Waals surface area contributed by atoms with Gasteiger partial charge in [0.1, 0.15) is 5.82 Å². The Morgan fingerprint density at radius 3 is 2.96 bits per heavy atom. The summed E-state index contributed by atoms with van der Waals surface area (Å²) in [7, 11) is 0. The van der Waals surface area contributed by atoms with Gasteiger partial charge in [-0.05, 0) is 38.8 Å². The Morgan fingerprint density at radius 2 is 2.21 bits per heavy atom. The standard InChI is InChI=1S/C18H25N5O/c1-14(2)21-18(24)23-10-5-6-15(12-23)17-20-9-11-22(17)13-16-7-3-4-8-19-16/h3-4,7-9,11,14-15H,5-6,10,12-13H2,1-2H3,(H,21,24). The molecule has 1 aliphatic rings. The lowest BCUT2D eigenvalue weighted by Crippen LogP contribution is -2.47. The van der Waals surface area contributed by atoms with Crippen molar-refractivity contribution in [2.75, 3.05) is 13.1 Å². The van der Waals surface area contributed by atoms with Crippen molar-refractivity contribution in [2.24, 2.45) is 0 Å². The molecule has 0 saturated carbocycles. The van der Waals surface area contributed by atoms with Crippen molar-refractivity contribution in [3.05, 3.63) is 48.3 Å². The highest BCUT2D eigenvalue weighted by Gasteiger charge is 2.27. The van der Waals surface area contributed by atoms with Crippen LogP contribution in [0.3, 0.4) is 0 Å². The van der Waals surface area contributed by atoms with Gasteiger partial charge >= 0.3 is 6.03 Å². The van der Waals surface area contributed by atoms with Gasteiger partial charge in [-0.3, -0.25) is 4.98 Å². The topological polar surface area (TPSA) is 63.1 Å². The lowest BCUT2D eigenvalue weighted by Gasteiger charge is -2.33. The fraction of sp³-hybridized carbons (Fsp3) is 0.500. The van der Waals surface area contributed by atoms with Gasteiger partial charge in [0.05, 0.1) is 12.2 Å². The molecule has 1 aliphatic heterocycles. The Bertz CT molecular complexity index is 667. The highest BCUT2D eigenvalue weighted by atomic mass is 16.2. The molecule has 6 heteroatoms. The fourth-order valence-corrected chi connectivity index (χ4v) is 3.19. The first-order chi connectivity index (χ1) is 11.6. The maximum absolute atomic E-state index is 12.3. The summed E-state index contributed by atoms with van der Waals surface area (Å²) in [4.78, 5) is 23.1. The molecular formula is C18H25N5O. The van der Waals surface area contributed by atoms with Crippen LogP contribution in [-0.4, -0.2) is 44.6 Å². The van der Waals surface area contributed by atoms with Crippen molar-refractivity contribution in [2.45, 2.75) is 45.2 Å². The van der Waals surface area contributed by atoms with Crippen LogP contribution in [0.5, 0.6) is 0 Å². The second-order valence-electron chi connectivity index (χ2n) is 6.62. The minimum atomic E-state index is 0.0255. The van der Waals surface area contributed by atoms with Gasteiger partial charge in [-0.2, -0.15) is 0 Å². The summed E-state index contributed by atoms with van der Waals surface area (Å²) in [6.45, 7) is 6.22. The number of pyridine rings is 1. The zero-order valence-corrected chi connectivity index (χ0v) is 14.4. The van der Waals surface area contributed by atoms with Gasteiger partial charge in [-0.1, -0.05) is 6.07 Å². The number of urea groups is 1. The maximum atomic E-state index is 12.3. The van der Waals surface area contributed by atoms with Crippen LogP contribution < -0.4 is 5.32 Å². The number of likely N-dealkylation sites (tertiary alicyclic amines) is 1. The van der Waals surface area contributed by atoms with Crippen LogP contribution in [0.25, 0.3) is 0 Å². The van der Waals surface area contributed by atoms with Gasteiger partial charge in [0.15, 0.2) is 0 Å². The van der Waals surface area contributed by atoms with E-state index in [2.05, 4.69) is 19.9 Å². The Balaban J connectivity index is 1.70. The molecule has 0 spiro atoms. The molecule has 1 fully saturated rings. The van der Waals surface area contributed by atoms with Gasteiger partial charge in [0.2, 0.25) is 0 Å². The van der Waals surface area contributed by atoms with Gasteiger partial charge in [0.25, 0.3) is 0 Å². The third-order valence-corrected chi connectivity index (χ3v) is 4.29. The molecule has 2 amide bonds. The molecule has 2 aromatic rings. The second-order valence-corrected chi connectivity index (χ2v) is 6.62. The molecule has 0 bridgehead atoms. The third-order valence-electron chi connectivity index (χ3n) is 4.29. The van der Waals surface area contributed by atoms with E-state index in [1.54, 1.807) is 0 Å². The normalized spacial score (nSPS) is 18.0. The summed E-state index contributed by atoms with van der Waals surface area (Å²) in [6.07, 6.45) is 7.71. The molecule has 1 atom stereocenters. The summed E-state index contributed by atoms with van der Waals surface area (Å²) >= 11 is 0. The van der Waals surface area contributed by atoms with E-state index in [9.17, 15) is 4.79 Å². The van der Waals surface area contributed by atoms with E-state index in [4.69, 9.17) is 0 Å². The van der Waals surface area contributed by atoms with Crippen LogP contribution in [0.15, 0.2) is 36.8 Å². The van der Waals surface area contributed by atoms with Gasteiger partial charge in [-0.15, -0.1) is 0 Å². The monoisotopic (exact) mass is 327 g/mol. The van der Waals surface area contributed by atoms with Crippen molar-refractivity contribution in [1.82, 2.24) is 24.8 Å². The molecule has 1 saturated heterocycles. The third kappa shape index (κ3) is 3.93. The first kappa shape index (κ1) is 16.5. The van der Waals surface area contributed by atoms with Crippen molar-refractivity contribution >= 4 is 6.03 Å². The van der Waals surface area contributed by atoms with E-state index in [1.807, 2.05) is 55.5 Å². The van der Waals surface area contributed by atoms with Crippen LogP contribution in [-0.2, 0) is 6.54 Å². The number of hydrogen-bond donors (Lipinski definition) is 1. The minimum Gasteiger partial charge on any atom is -0.336 e. The summed E-state index contributed by atoms with van der Waals surface area (Å²) in [5.41, 5.74) is 1.02. The summed E-state index contributed by atoms with van der Waals surface area (Å²) < 4.78 is 2.15. The van der Waals surface area contributed by atoms with Crippen molar-refractivity contribution in [3.63, 3.8) is 0 Å². The summed E-state index contributed by atoms with van der Waals surface area (Å²) in [5, 5.41) is 2.98. The predicted molar refractivity (Wildman–Crippen MR) is 92.8 cm³/mol. The molecule has 0 radical (unpaired) electrons. The van der Waals surface area contributed by atoms with E-state index in [-0.39, 0.29) is 18.0 Å². The lowest BCUT2D eigenvalue weighted by molar-refractivity contribution is 0.175. The zero-order chi connectivity index (χ0) is 16.9. The summed E-state index contributed by atoms with van der Waals surface area (Å²) in [6, 6.07) is 6.12. The summed E-state index contributed by atoms with van der Waals surface area (Å²) in [5.74, 6) is 1.32. The smallest absolute Gasteiger partial charge is 0.317 e. The maximum Gasteiger partial charge on any atom is 0.317 e. The van der Waals surface area contributed by atoms with Crippen molar-refractivity contribution < 1.29 is 4.79 Å². The first-order valence-corrected chi connectivity index (χ1v) is 8.60. The van der Waals surface area contributed by atoms with Gasteiger partial charge in [-0.25, -0.2) is 9.78 Å². The van der Waals surface area contributed by atoms with Gasteiger partial charge in [0, 0.05) is 43.6 Å². The van der Waals surface area contributed by atoms with E-state index in [1.165, 1.54) is 0 Å². The SMILES string of the molecule is CC(C)NC(=O)N1CCCC(c2nccn2Cc2ccccn2)C1. The number of aromatic nitrogens is 3. The van der Waals surface area contributed by atoms with Crippen LogP contribution in [0.2, 0.25) is 0 Å². The van der Waals surface area contributed by atoms with E-state index in [0.717, 1.165) is 37.4 Å². The van der Waals surface area contributed by atoms with Crippen LogP contribution >= 0.6 is 0 Å². The Kier molecular flexibility index (Phi) is 5.13. The molecule has 24 heavy (non-hydrogen) atoms.